The van der Waals surface area contributed by atoms with Gasteiger partial charge in [0, 0.05) is 19.4 Å². The Kier molecular flexibility index (Phi) is 11.5. The van der Waals surface area contributed by atoms with Gasteiger partial charge in [-0.2, -0.15) is 0 Å². The number of esters is 2. The number of benzene rings is 2. The first-order chi connectivity index (χ1) is 22.3. The molecule has 2 heterocycles. The molecule has 2 aromatic rings. The van der Waals surface area contributed by atoms with Crippen LogP contribution < -0.4 is 15.4 Å². The molecule has 1 fully saturated rings. The molecule has 0 bridgehead atoms. The molecule has 2 amide bonds. The molecule has 2 aliphatic rings. The lowest BCUT2D eigenvalue weighted by Crippen LogP contribution is -2.51. The third-order valence-electron chi connectivity index (χ3n) is 8.05. The zero-order chi connectivity index (χ0) is 34.3. The summed E-state index contributed by atoms with van der Waals surface area (Å²) < 4.78 is 22.7. The number of carbonyl (C=O) groups is 4. The van der Waals surface area contributed by atoms with Gasteiger partial charge in [0.15, 0.2) is 17.6 Å². The van der Waals surface area contributed by atoms with Crippen LogP contribution in [0, 0.1) is 11.3 Å². The molecule has 0 saturated carbocycles. The molecule has 2 aromatic carbocycles. The third kappa shape index (κ3) is 9.45. The van der Waals surface area contributed by atoms with Gasteiger partial charge >= 0.3 is 11.9 Å². The van der Waals surface area contributed by atoms with E-state index in [1.54, 1.807) is 26.0 Å². The van der Waals surface area contributed by atoms with Crippen molar-refractivity contribution in [3.63, 3.8) is 0 Å². The van der Waals surface area contributed by atoms with Crippen molar-refractivity contribution in [3.8, 4) is 11.5 Å². The minimum absolute atomic E-state index is 0.00798. The second kappa shape index (κ2) is 15.3. The summed E-state index contributed by atoms with van der Waals surface area (Å²) in [4.78, 5) is 53.4. The zero-order valence-electron chi connectivity index (χ0n) is 27.5. The molecular formula is C36H44N2O9. The first-order valence-corrected chi connectivity index (χ1v) is 15.7. The third-order valence-corrected chi connectivity index (χ3v) is 8.05. The summed E-state index contributed by atoms with van der Waals surface area (Å²) in [6.07, 6.45) is 0.383. The molecule has 2 aliphatic heterocycles. The van der Waals surface area contributed by atoms with Crippen LogP contribution in [0.2, 0.25) is 0 Å². The zero-order valence-corrected chi connectivity index (χ0v) is 27.5. The number of cyclic esters (lactones) is 2. The maximum Gasteiger partial charge on any atom is 0.348 e. The van der Waals surface area contributed by atoms with Crippen molar-refractivity contribution in [2.75, 3.05) is 13.7 Å². The van der Waals surface area contributed by atoms with Gasteiger partial charge in [-0.1, -0.05) is 62.9 Å². The fourth-order valence-electron chi connectivity index (χ4n) is 5.20. The number of amides is 2. The monoisotopic (exact) mass is 648 g/mol. The molecule has 1 saturated heterocycles. The van der Waals surface area contributed by atoms with Crippen molar-refractivity contribution >= 4 is 23.8 Å². The van der Waals surface area contributed by atoms with Crippen LogP contribution in [-0.2, 0) is 39.8 Å². The van der Waals surface area contributed by atoms with Gasteiger partial charge < -0.3 is 34.7 Å². The van der Waals surface area contributed by atoms with Crippen LogP contribution >= 0.6 is 0 Å². The largest absolute Gasteiger partial charge is 0.504 e. The maximum absolute atomic E-state index is 13.5. The van der Waals surface area contributed by atoms with Gasteiger partial charge in [0.05, 0.1) is 12.5 Å². The molecule has 0 aromatic heterocycles. The molecule has 11 heteroatoms. The Balaban J connectivity index is 1.61. The number of rotatable bonds is 8. The summed E-state index contributed by atoms with van der Waals surface area (Å²) in [7, 11) is 1.43. The highest BCUT2D eigenvalue weighted by atomic mass is 16.6. The van der Waals surface area contributed by atoms with E-state index < -0.39 is 53.5 Å². The van der Waals surface area contributed by atoms with Gasteiger partial charge in [-0.25, -0.2) is 4.79 Å². The minimum atomic E-state index is -1.23. The van der Waals surface area contributed by atoms with Crippen LogP contribution in [0.15, 0.2) is 72.8 Å². The number of nitrogens with one attached hydrogen (secondary N) is 2. The van der Waals surface area contributed by atoms with E-state index in [2.05, 4.69) is 17.2 Å². The molecule has 0 radical (unpaired) electrons. The van der Waals surface area contributed by atoms with Crippen LogP contribution in [0.1, 0.15) is 57.8 Å². The van der Waals surface area contributed by atoms with Crippen molar-refractivity contribution in [3.05, 3.63) is 84.0 Å². The number of carbonyl (C=O) groups excluding carboxylic acids is 4. The van der Waals surface area contributed by atoms with Crippen LogP contribution in [0.5, 0.6) is 11.5 Å². The number of epoxide rings is 1. The van der Waals surface area contributed by atoms with Crippen LogP contribution in [0.25, 0.3) is 0 Å². The molecule has 0 spiro atoms. The average Bonchev–Trinajstić information content (AvgIpc) is 3.83. The Morgan fingerprint density at radius 1 is 1.09 bits per heavy atom. The van der Waals surface area contributed by atoms with Crippen molar-refractivity contribution in [1.29, 1.82) is 0 Å². The van der Waals surface area contributed by atoms with Gasteiger partial charge in [0.25, 0.3) is 0 Å². The number of hydrogen-bond acceptors (Lipinski definition) is 9. The number of ether oxygens (including phenoxy) is 4. The normalized spacial score (nSPS) is 26.0. The molecular weight excluding hydrogens is 604 g/mol. The van der Waals surface area contributed by atoms with Crippen molar-refractivity contribution < 1.29 is 43.2 Å². The lowest BCUT2D eigenvalue weighted by molar-refractivity contribution is -0.176. The lowest BCUT2D eigenvalue weighted by atomic mass is 9.93. The van der Waals surface area contributed by atoms with Gasteiger partial charge in [-0.3, -0.25) is 14.4 Å². The minimum Gasteiger partial charge on any atom is -0.504 e. The number of phenols is 1. The van der Waals surface area contributed by atoms with Gasteiger partial charge in [0.2, 0.25) is 11.8 Å². The predicted octanol–water partition coefficient (Wildman–Crippen LogP) is 4.10. The van der Waals surface area contributed by atoms with Crippen LogP contribution in [-0.4, -0.2) is 66.9 Å². The van der Waals surface area contributed by atoms with Crippen LogP contribution in [0.4, 0.5) is 0 Å². The summed E-state index contributed by atoms with van der Waals surface area (Å²) >= 11 is 0. The first kappa shape index (κ1) is 35.2. The quantitative estimate of drug-likeness (QED) is 0.218. The molecule has 47 heavy (non-hydrogen) atoms. The van der Waals surface area contributed by atoms with E-state index in [9.17, 15) is 24.3 Å². The van der Waals surface area contributed by atoms with Crippen molar-refractivity contribution in [2.45, 2.75) is 77.4 Å². The number of aromatic hydroxyl groups is 1. The summed E-state index contributed by atoms with van der Waals surface area (Å²) in [6.45, 7) is 11.0. The fraction of sp³-hybridized carbons (Fsp3) is 0.444. The van der Waals surface area contributed by atoms with E-state index in [0.717, 1.165) is 5.56 Å². The topological polar surface area (TPSA) is 153 Å². The van der Waals surface area contributed by atoms with E-state index >= 15 is 0 Å². The van der Waals surface area contributed by atoms with E-state index in [-0.39, 0.29) is 49.3 Å². The van der Waals surface area contributed by atoms with E-state index in [1.807, 2.05) is 44.2 Å². The maximum atomic E-state index is 13.5. The Bertz CT molecular complexity index is 1500. The second-order valence-electron chi connectivity index (χ2n) is 12.9. The highest BCUT2D eigenvalue weighted by molar-refractivity contribution is 5.93. The number of phenolic OH excluding ortho intramolecular Hbond substituents is 1. The summed E-state index contributed by atoms with van der Waals surface area (Å²) in [5, 5.41) is 15.7. The van der Waals surface area contributed by atoms with Crippen molar-refractivity contribution in [2.24, 2.45) is 11.3 Å². The van der Waals surface area contributed by atoms with Crippen LogP contribution in [0.3, 0.4) is 0 Å². The number of hydrogen-bond donors (Lipinski definition) is 3. The average molecular weight is 649 g/mol. The summed E-state index contributed by atoms with van der Waals surface area (Å²) in [5.41, 5.74) is 0.794. The number of methoxy groups -OCH3 is 1. The molecule has 11 nitrogen and oxygen atoms in total. The Hall–Kier alpha value is -4.64. The highest BCUT2D eigenvalue weighted by Gasteiger charge is 2.45. The van der Waals surface area contributed by atoms with Crippen molar-refractivity contribution in [1.82, 2.24) is 10.6 Å². The molecule has 5 atom stereocenters. The molecule has 5 unspecified atom stereocenters. The molecule has 4 rings (SSSR count). The second-order valence-corrected chi connectivity index (χ2v) is 12.9. The lowest BCUT2D eigenvalue weighted by Gasteiger charge is -2.29. The fourth-order valence-corrected chi connectivity index (χ4v) is 5.20. The predicted molar refractivity (Wildman–Crippen MR) is 173 cm³/mol. The summed E-state index contributed by atoms with van der Waals surface area (Å²) in [6, 6.07) is 13.2. The Labute approximate surface area is 275 Å². The van der Waals surface area contributed by atoms with E-state index in [1.165, 1.54) is 25.3 Å². The smallest absolute Gasteiger partial charge is 0.348 e. The van der Waals surface area contributed by atoms with E-state index in [4.69, 9.17) is 18.9 Å². The SMILES string of the molecule is C=C(C1C/C=C/C(=O)NC(Cc2ccc(OC)c(O)c2)C(=O)NCC(C)(C)C(=O)OC(CC(C)C)C(=O)O1)C1OC1c1ccccc1. The molecule has 3 N–H and O–H groups in total. The summed E-state index contributed by atoms with van der Waals surface area (Å²) in [5.74, 6) is -2.39. The standard InChI is InChI=1S/C36H44N2O9/c1-21(2)17-29-34(42)45-27(22(3)31-32(47-31)24-11-8-7-9-12-24)13-10-14-30(40)38-25(18-23-15-16-28(44-6)26(39)19-23)33(41)37-20-36(4,5)35(43)46-29/h7-12,14-16,19,21,25,27,29,31-32,39H,3,13,17-18,20H2,1-2,4-6H3,(H,37,41)(H,38,40)/b14-10+. The van der Waals surface area contributed by atoms with Gasteiger partial charge in [0.1, 0.15) is 24.4 Å². The first-order valence-electron chi connectivity index (χ1n) is 15.7. The Morgan fingerprint density at radius 3 is 2.47 bits per heavy atom. The Morgan fingerprint density at radius 2 is 1.81 bits per heavy atom. The highest BCUT2D eigenvalue weighted by Crippen LogP contribution is 2.44. The van der Waals surface area contributed by atoms with Gasteiger partial charge in [-0.15, -0.1) is 0 Å². The van der Waals surface area contributed by atoms with E-state index in [0.29, 0.717) is 11.1 Å². The van der Waals surface area contributed by atoms with Gasteiger partial charge in [-0.05, 0) is 61.1 Å². The molecule has 252 valence electrons. The molecule has 0 aliphatic carbocycles.